The molecule has 10 amide bonds. The number of carbonyl (C=O) groups excluding carboxylic acids is 11. The predicted octanol–water partition coefficient (Wildman–Crippen LogP) is 9.27. The number of ketones is 1. The Kier molecular flexibility index (Phi) is 35.1. The third kappa shape index (κ3) is 26.8. The number of ether oxygens (including phenoxy) is 6. The van der Waals surface area contributed by atoms with Crippen LogP contribution in [0, 0.1) is 23.3 Å². The summed E-state index contributed by atoms with van der Waals surface area (Å²) in [6, 6.07) is 37.5. The molecule has 10 heterocycles. The third-order valence-corrected chi connectivity index (χ3v) is 26.1. The fourth-order valence-corrected chi connectivity index (χ4v) is 18.8. The number of piperidine rings is 2. The van der Waals surface area contributed by atoms with Gasteiger partial charge in [-0.05, 0) is 189 Å². The Morgan fingerprint density at radius 1 is 0.441 bits per heavy atom. The van der Waals surface area contributed by atoms with Crippen LogP contribution in [0.1, 0.15) is 149 Å². The monoisotopic (exact) mass is 2000 g/mol. The summed E-state index contributed by atoms with van der Waals surface area (Å²) in [7, 11) is 0. The number of nitrogens with zero attached hydrogens (tertiary/aromatic N) is 8. The summed E-state index contributed by atoms with van der Waals surface area (Å²) < 4.78 is 88.4. The minimum absolute atomic E-state index is 0.0240. The highest BCUT2D eigenvalue weighted by molar-refractivity contribution is 6.27. The molecule has 0 spiro atoms. The first-order valence-corrected chi connectivity index (χ1v) is 48.6. The number of hydrogen-bond acceptors (Lipinski definition) is 29. The lowest BCUT2D eigenvalue weighted by Crippen LogP contribution is -2.54. The van der Waals surface area contributed by atoms with Gasteiger partial charge in [-0.1, -0.05) is 24.3 Å². The molecule has 2 unspecified atom stereocenters. The van der Waals surface area contributed by atoms with Crippen molar-refractivity contribution in [2.75, 3.05) is 206 Å². The van der Waals surface area contributed by atoms with Crippen LogP contribution in [0.15, 0.2) is 146 Å². The van der Waals surface area contributed by atoms with Gasteiger partial charge < -0.3 is 81.0 Å². The van der Waals surface area contributed by atoms with Crippen molar-refractivity contribution in [3.8, 4) is 0 Å². The number of imide groups is 4. The molecule has 0 saturated carbocycles. The van der Waals surface area contributed by atoms with Crippen molar-refractivity contribution in [1.29, 1.82) is 0 Å². The molecular weight excluding hydrogens is 1880 g/mol. The molecule has 6 fully saturated rings. The maximum Gasteiger partial charge on any atom is 0.317 e. The van der Waals surface area contributed by atoms with Crippen LogP contribution in [0.2, 0.25) is 0 Å². The van der Waals surface area contributed by atoms with Gasteiger partial charge in [0, 0.05) is 193 Å². The zero-order valence-electron chi connectivity index (χ0n) is 79.8. The standard InChI is InChI=1S/C52H57F2N9O9.C32H34F2N6O4.C19H24N4O6/c53-34-26-33(27-35(54)29-34)25-32-6-9-42-41(28-32)48(60-59-42)58-49(66)39-8-7-37(30-44(39)56-36-12-20-71-21-13-36)62-17-15-61(16-18-62)31-38(64)3-2-19-70-23-24-72-22-14-55-43-5-1-4-40-47(43)52(69)63(51(40)68)45-10-11-46(65)57-50(45)67;33-22-14-21(15-23(34)17-22)13-20-1-4-28-27(16-20)31(38-37-28)36-32(43)26-3-2-25(18-29(26)35-24-5-11-44-12-6-24)40-9-7-39(8-10-40)19-30(41)42;20-6-8-28-10-11-29-9-7-21-13-3-1-2-12-16(13)19(27)23(18(12)26)14-4-5-15(24)22-17(14)25/h1,4-9,26-30,36,45,55-56H,2-3,10-25,31H2,(H,57,65,67)(H2,58,59,60,66);1-4,14-18,24,35H,5-13,19H2,(H,41,42)(H2,36,37,38,43);1-3,14,21H,4-11,20H2,(H,22,24,25). The molecule has 8 aromatic carbocycles. The van der Waals surface area contributed by atoms with Crippen molar-refractivity contribution in [2.45, 2.75) is 101 Å². The molecule has 13 N–H and O–H groups in total. The molecule has 0 radical (unpaired) electrons. The van der Waals surface area contributed by atoms with E-state index in [1.807, 2.05) is 71.6 Å². The van der Waals surface area contributed by atoms with Crippen LogP contribution in [0.3, 0.4) is 0 Å². The number of anilines is 8. The number of nitrogens with one attached hydrogen (secondary N) is 10. The number of carboxylic acid groups (broad SMARTS) is 1. The molecule has 8 aliphatic heterocycles. The maximum atomic E-state index is 14.0. The third-order valence-electron chi connectivity index (χ3n) is 26.1. The van der Waals surface area contributed by atoms with E-state index in [4.69, 9.17) is 39.3 Å². The number of rotatable bonds is 40. The number of amides is 10. The Balaban J connectivity index is 0.000000174. The van der Waals surface area contributed by atoms with E-state index >= 15 is 0 Å². The molecule has 0 bridgehead atoms. The summed E-state index contributed by atoms with van der Waals surface area (Å²) in [5.74, 6) is -7.56. The van der Waals surface area contributed by atoms with Crippen LogP contribution in [0.5, 0.6) is 0 Å². The normalized spacial score (nSPS) is 17.4. The van der Waals surface area contributed by atoms with Crippen LogP contribution in [-0.4, -0.2) is 304 Å². The number of aromatic amines is 2. The number of piperazine rings is 2. The van der Waals surface area contributed by atoms with Gasteiger partial charge in [-0.15, -0.1) is 0 Å². The molecule has 38 nitrogen and oxygen atoms in total. The van der Waals surface area contributed by atoms with Gasteiger partial charge in [0.05, 0.1) is 104 Å². The Bertz CT molecular complexity index is 6400. The van der Waals surface area contributed by atoms with E-state index < -0.39 is 88.6 Å². The van der Waals surface area contributed by atoms with Crippen LogP contribution >= 0.6 is 0 Å². The highest BCUT2D eigenvalue weighted by atomic mass is 19.1. The molecule has 6 saturated heterocycles. The number of aliphatic carboxylic acids is 1. The first kappa shape index (κ1) is 103. The van der Waals surface area contributed by atoms with Gasteiger partial charge in [0.15, 0.2) is 11.6 Å². The number of H-pyrrole nitrogens is 2. The van der Waals surface area contributed by atoms with Crippen molar-refractivity contribution < 1.29 is 109 Å². The number of benzene rings is 8. The number of carboxylic acids is 1. The highest BCUT2D eigenvalue weighted by Crippen LogP contribution is 2.38. The topological polar surface area (TPSA) is 480 Å². The first-order chi connectivity index (χ1) is 70.3. The Labute approximate surface area is 831 Å². The average molecular weight is 2000 g/mol. The van der Waals surface area contributed by atoms with Gasteiger partial charge in [0.1, 0.15) is 41.1 Å². The van der Waals surface area contributed by atoms with Gasteiger partial charge in [-0.2, -0.15) is 10.2 Å². The zero-order chi connectivity index (χ0) is 102. The fourth-order valence-electron chi connectivity index (χ4n) is 18.8. The van der Waals surface area contributed by atoms with Crippen LogP contribution in [-0.2, 0) is 70.0 Å². The second-order valence-electron chi connectivity index (χ2n) is 36.2. The molecule has 145 heavy (non-hydrogen) atoms. The Morgan fingerprint density at radius 3 is 1.27 bits per heavy atom. The van der Waals surface area contributed by atoms with Gasteiger partial charge >= 0.3 is 5.97 Å². The molecule has 0 aliphatic carbocycles. The van der Waals surface area contributed by atoms with Crippen molar-refractivity contribution in [2.24, 2.45) is 5.73 Å². The first-order valence-electron chi connectivity index (χ1n) is 48.6. The summed E-state index contributed by atoms with van der Waals surface area (Å²) in [5, 5.41) is 48.8. The van der Waals surface area contributed by atoms with E-state index in [1.165, 1.54) is 24.3 Å². The number of Topliss-reactive ketones (excluding diaryl/α,β-unsaturated/α-hetero) is 1. The SMILES string of the molecule is NCCOCCOCCNc1cccc2c1C(=O)N(C1CCC(=O)NC1=O)C2=O.O=C(CCCOCCOCCNc1cccc2c1C(=O)N(C1CCC(=O)NC1=O)C2=O)CN1CCN(c2ccc(C(=O)Nc3n[nH]c4ccc(Cc5cc(F)cc(F)c5)cc34)c(NC3CCOCC3)c2)CC1.O=C(O)CN1CCN(c2ccc(C(=O)Nc3n[nH]c4ccc(Cc5cc(F)cc(F)c5)cc34)c(NC3CCOCC3)c2)CC1. The fraction of sp³-hybridized carbons (Fsp3) is 0.398. The van der Waals surface area contributed by atoms with E-state index in [1.54, 1.807) is 42.5 Å². The Morgan fingerprint density at radius 2 is 0.855 bits per heavy atom. The minimum atomic E-state index is -1.04. The smallest absolute Gasteiger partial charge is 0.317 e. The molecule has 2 atom stereocenters. The van der Waals surface area contributed by atoms with Crippen molar-refractivity contribution in [3.05, 3.63) is 224 Å². The largest absolute Gasteiger partial charge is 0.480 e. The van der Waals surface area contributed by atoms with Crippen LogP contribution in [0.25, 0.3) is 21.8 Å². The van der Waals surface area contributed by atoms with E-state index in [-0.39, 0.29) is 84.2 Å². The van der Waals surface area contributed by atoms with Crippen molar-refractivity contribution >= 4 is 138 Å². The van der Waals surface area contributed by atoms with E-state index in [9.17, 15) is 75.1 Å². The number of aromatic nitrogens is 4. The molecule has 8 aliphatic rings. The second kappa shape index (κ2) is 49.2. The number of fused-ring (bicyclic) bond motifs is 4. The summed E-state index contributed by atoms with van der Waals surface area (Å²) in [6.45, 7) is 12.7. The number of carbonyl (C=O) groups is 12. The second-order valence-corrected chi connectivity index (χ2v) is 36.2. The average Bonchev–Trinajstić information content (AvgIpc) is 1.60. The van der Waals surface area contributed by atoms with Crippen LogP contribution < -0.4 is 58.1 Å². The number of halogens is 4. The van der Waals surface area contributed by atoms with Gasteiger partial charge in [0.2, 0.25) is 23.6 Å². The summed E-state index contributed by atoms with van der Waals surface area (Å²) >= 11 is 0. The summed E-state index contributed by atoms with van der Waals surface area (Å²) in [6.07, 6.45) is 5.16. The van der Waals surface area contributed by atoms with Crippen molar-refractivity contribution in [1.82, 2.24) is 50.6 Å². The minimum Gasteiger partial charge on any atom is -0.480 e. The zero-order valence-corrected chi connectivity index (χ0v) is 79.8. The summed E-state index contributed by atoms with van der Waals surface area (Å²) in [4.78, 5) is 162. The van der Waals surface area contributed by atoms with E-state index in [0.717, 1.165) is 70.1 Å². The predicted molar refractivity (Wildman–Crippen MR) is 529 cm³/mol. The molecule has 764 valence electrons. The molecule has 18 rings (SSSR count). The Hall–Kier alpha value is -14.5. The maximum absolute atomic E-state index is 14.0. The lowest BCUT2D eigenvalue weighted by atomic mass is 10.0. The summed E-state index contributed by atoms with van der Waals surface area (Å²) in [5.41, 5.74) is 15.4. The number of nitrogens with two attached hydrogens (primary N) is 1. The van der Waals surface area contributed by atoms with Gasteiger partial charge in [-0.25, -0.2) is 17.6 Å². The van der Waals surface area contributed by atoms with Crippen LogP contribution in [0.4, 0.5) is 63.3 Å². The lowest BCUT2D eigenvalue weighted by Gasteiger charge is -2.36. The van der Waals surface area contributed by atoms with E-state index in [2.05, 4.69) is 77.6 Å². The van der Waals surface area contributed by atoms with Crippen molar-refractivity contribution in [3.63, 3.8) is 0 Å². The molecular formula is C103H115F4N19O19. The molecule has 42 heteroatoms. The quantitative estimate of drug-likeness (QED) is 0.00966. The lowest BCUT2D eigenvalue weighted by molar-refractivity contribution is -0.139. The number of hydrogen-bond donors (Lipinski definition) is 12. The van der Waals surface area contributed by atoms with Gasteiger partial charge in [0.25, 0.3) is 35.4 Å². The molecule has 10 aromatic rings. The van der Waals surface area contributed by atoms with Gasteiger partial charge in [-0.3, -0.25) is 98.0 Å². The van der Waals surface area contributed by atoms with E-state index in [0.29, 0.717) is 262 Å². The molecule has 2 aromatic heterocycles. The highest BCUT2D eigenvalue weighted by Gasteiger charge is 2.48.